The first-order chi connectivity index (χ1) is 9.69. The average Bonchev–Trinajstić information content (AvgIpc) is 3.00. The first-order valence-electron chi connectivity index (χ1n) is 7.34. The highest BCUT2D eigenvalue weighted by Gasteiger charge is 2.33. The monoisotopic (exact) mass is 296 g/mol. The first-order valence-corrected chi connectivity index (χ1v) is 8.28. The number of piperidine rings is 1. The van der Waals surface area contributed by atoms with Gasteiger partial charge in [0.2, 0.25) is 0 Å². The van der Waals surface area contributed by atoms with Crippen molar-refractivity contribution in [1.29, 1.82) is 0 Å². The average molecular weight is 296 g/mol. The zero-order valence-corrected chi connectivity index (χ0v) is 12.9. The smallest absolute Gasteiger partial charge is 0.317 e. The number of aliphatic hydroxyl groups is 1. The van der Waals surface area contributed by atoms with Gasteiger partial charge < -0.3 is 15.3 Å². The molecule has 0 atom stereocenters. The highest BCUT2D eigenvalue weighted by Crippen LogP contribution is 2.34. The molecular weight excluding hydrogens is 272 g/mol. The summed E-state index contributed by atoms with van der Waals surface area (Å²) in [5.41, 5.74) is 1.31. The molecule has 2 amide bonds. The minimum atomic E-state index is 0.0304. The van der Waals surface area contributed by atoms with Gasteiger partial charge in [0.05, 0.1) is 0 Å². The number of likely N-dealkylation sites (tertiary alicyclic amines) is 1. The Labute approximate surface area is 124 Å². The van der Waals surface area contributed by atoms with E-state index >= 15 is 0 Å². The fraction of sp³-hybridized carbons (Fsp3) is 0.667. The Kier molecular flexibility index (Phi) is 5.43. The van der Waals surface area contributed by atoms with Crippen LogP contribution in [0.3, 0.4) is 0 Å². The van der Waals surface area contributed by atoms with E-state index in [-0.39, 0.29) is 18.1 Å². The number of rotatable bonds is 5. The van der Waals surface area contributed by atoms with Gasteiger partial charge in [-0.25, -0.2) is 4.79 Å². The molecule has 112 valence electrons. The number of aliphatic hydroxyl groups excluding tert-OH is 1. The molecule has 1 saturated heterocycles. The second-order valence-electron chi connectivity index (χ2n) is 5.61. The van der Waals surface area contributed by atoms with Crippen molar-refractivity contribution in [3.05, 3.63) is 22.4 Å². The fourth-order valence-corrected chi connectivity index (χ4v) is 3.37. The van der Waals surface area contributed by atoms with Gasteiger partial charge in [-0.15, -0.1) is 0 Å². The third-order valence-corrected chi connectivity index (χ3v) is 5.20. The lowest BCUT2D eigenvalue weighted by Gasteiger charge is -2.40. The largest absolute Gasteiger partial charge is 0.396 e. The lowest BCUT2D eigenvalue weighted by molar-refractivity contribution is 0.0520. The molecule has 1 aromatic rings. The number of hydrogen-bond acceptors (Lipinski definition) is 3. The zero-order chi connectivity index (χ0) is 14.4. The summed E-state index contributed by atoms with van der Waals surface area (Å²) in [6.07, 6.45) is 3.67. The molecule has 1 aliphatic heterocycles. The minimum absolute atomic E-state index is 0.0304. The number of nitrogens with one attached hydrogen (secondary N) is 1. The summed E-state index contributed by atoms with van der Waals surface area (Å²) in [5, 5.41) is 16.7. The molecule has 4 nitrogen and oxygen atoms in total. The lowest BCUT2D eigenvalue weighted by atomic mass is 9.77. The Morgan fingerprint density at radius 1 is 1.50 bits per heavy atom. The number of thiophene rings is 1. The number of carbonyl (C=O) groups excluding carboxylic acids is 1. The summed E-state index contributed by atoms with van der Waals surface area (Å²) in [4.78, 5) is 13.9. The molecule has 1 aliphatic rings. The summed E-state index contributed by atoms with van der Waals surface area (Å²) in [6, 6.07) is 2.12. The summed E-state index contributed by atoms with van der Waals surface area (Å²) >= 11 is 1.68. The van der Waals surface area contributed by atoms with Crippen molar-refractivity contribution >= 4 is 17.4 Å². The molecule has 20 heavy (non-hydrogen) atoms. The molecule has 1 aromatic heterocycles. The van der Waals surface area contributed by atoms with Crippen LogP contribution in [0.4, 0.5) is 4.79 Å². The van der Waals surface area contributed by atoms with Gasteiger partial charge in [-0.05, 0) is 53.5 Å². The van der Waals surface area contributed by atoms with E-state index in [4.69, 9.17) is 0 Å². The summed E-state index contributed by atoms with van der Waals surface area (Å²) in [5.74, 6) is 0. The molecule has 2 N–H and O–H groups in total. The van der Waals surface area contributed by atoms with Gasteiger partial charge >= 0.3 is 6.03 Å². The van der Waals surface area contributed by atoms with E-state index in [1.807, 2.05) is 4.90 Å². The van der Waals surface area contributed by atoms with E-state index < -0.39 is 0 Å². The van der Waals surface area contributed by atoms with Crippen molar-refractivity contribution in [2.45, 2.75) is 32.6 Å². The number of hydrogen-bond donors (Lipinski definition) is 2. The van der Waals surface area contributed by atoms with Gasteiger partial charge in [0.25, 0.3) is 0 Å². The maximum Gasteiger partial charge on any atom is 0.317 e. The van der Waals surface area contributed by atoms with E-state index in [0.29, 0.717) is 6.54 Å². The molecule has 0 unspecified atom stereocenters. The molecule has 0 bridgehead atoms. The molecule has 2 heterocycles. The molecule has 0 aliphatic carbocycles. The van der Waals surface area contributed by atoms with Gasteiger partial charge in [-0.1, -0.05) is 6.92 Å². The van der Waals surface area contributed by atoms with Crippen molar-refractivity contribution < 1.29 is 9.90 Å². The molecule has 0 radical (unpaired) electrons. The maximum atomic E-state index is 12.1. The number of urea groups is 1. The molecular formula is C15H24N2O2S. The van der Waals surface area contributed by atoms with Gasteiger partial charge in [0.15, 0.2) is 0 Å². The van der Waals surface area contributed by atoms with Crippen molar-refractivity contribution in [3.8, 4) is 0 Å². The van der Waals surface area contributed by atoms with E-state index in [9.17, 15) is 9.90 Å². The molecule has 0 spiro atoms. The molecule has 2 rings (SSSR count). The quantitative estimate of drug-likeness (QED) is 0.877. The van der Waals surface area contributed by atoms with Crippen LogP contribution >= 0.6 is 11.3 Å². The van der Waals surface area contributed by atoms with E-state index in [2.05, 4.69) is 29.1 Å². The van der Waals surface area contributed by atoms with Crippen LogP contribution in [0.5, 0.6) is 0 Å². The van der Waals surface area contributed by atoms with E-state index in [0.717, 1.165) is 38.8 Å². The third-order valence-electron chi connectivity index (χ3n) is 4.47. The fourth-order valence-electron chi connectivity index (χ4n) is 2.67. The van der Waals surface area contributed by atoms with Crippen LogP contribution in [-0.2, 0) is 6.42 Å². The van der Waals surface area contributed by atoms with Crippen LogP contribution in [0, 0.1) is 5.41 Å². The second kappa shape index (κ2) is 7.09. The SMILES string of the molecule is CCC1(CO)CCN(C(=O)NCCc2ccsc2)CC1. The first kappa shape index (κ1) is 15.3. The molecule has 0 saturated carbocycles. The Morgan fingerprint density at radius 2 is 2.25 bits per heavy atom. The highest BCUT2D eigenvalue weighted by atomic mass is 32.1. The summed E-state index contributed by atoms with van der Waals surface area (Å²) in [7, 11) is 0. The maximum absolute atomic E-state index is 12.1. The van der Waals surface area contributed by atoms with Gasteiger partial charge in [0, 0.05) is 26.2 Å². The van der Waals surface area contributed by atoms with Crippen LogP contribution < -0.4 is 5.32 Å². The Hall–Kier alpha value is -1.07. The third kappa shape index (κ3) is 3.73. The van der Waals surface area contributed by atoms with Crippen molar-refractivity contribution in [2.75, 3.05) is 26.2 Å². The highest BCUT2D eigenvalue weighted by molar-refractivity contribution is 7.07. The van der Waals surface area contributed by atoms with Crippen LogP contribution in [-0.4, -0.2) is 42.3 Å². The molecule has 0 aromatic carbocycles. The second-order valence-corrected chi connectivity index (χ2v) is 6.39. The summed E-state index contributed by atoms with van der Waals surface area (Å²) in [6.45, 7) is 4.53. The van der Waals surface area contributed by atoms with Crippen molar-refractivity contribution in [3.63, 3.8) is 0 Å². The zero-order valence-electron chi connectivity index (χ0n) is 12.1. The normalized spacial score (nSPS) is 18.0. The van der Waals surface area contributed by atoms with E-state index in [1.165, 1.54) is 5.56 Å². The van der Waals surface area contributed by atoms with Crippen LogP contribution in [0.2, 0.25) is 0 Å². The van der Waals surface area contributed by atoms with Crippen LogP contribution in [0.1, 0.15) is 31.7 Å². The van der Waals surface area contributed by atoms with Crippen LogP contribution in [0.25, 0.3) is 0 Å². The van der Waals surface area contributed by atoms with Gasteiger partial charge in [-0.2, -0.15) is 11.3 Å². The lowest BCUT2D eigenvalue weighted by Crippen LogP contribution is -2.48. The Bertz CT molecular complexity index is 406. The van der Waals surface area contributed by atoms with Gasteiger partial charge in [-0.3, -0.25) is 0 Å². The predicted molar refractivity (Wildman–Crippen MR) is 82.0 cm³/mol. The van der Waals surface area contributed by atoms with Crippen molar-refractivity contribution in [1.82, 2.24) is 10.2 Å². The van der Waals surface area contributed by atoms with Gasteiger partial charge in [0.1, 0.15) is 0 Å². The van der Waals surface area contributed by atoms with E-state index in [1.54, 1.807) is 11.3 Å². The standard InChI is InChI=1S/C15H24N2O2S/c1-2-15(12-18)5-8-17(9-6-15)14(19)16-7-3-13-4-10-20-11-13/h4,10-11,18H,2-3,5-9,12H2,1H3,(H,16,19). The molecule has 1 fully saturated rings. The number of carbonyl (C=O) groups is 1. The molecule has 5 heteroatoms. The number of amides is 2. The Balaban J connectivity index is 1.72. The summed E-state index contributed by atoms with van der Waals surface area (Å²) < 4.78 is 0. The Morgan fingerprint density at radius 3 is 2.80 bits per heavy atom. The minimum Gasteiger partial charge on any atom is -0.396 e. The van der Waals surface area contributed by atoms with Crippen LogP contribution in [0.15, 0.2) is 16.8 Å². The predicted octanol–water partition coefficient (Wildman–Crippen LogP) is 2.48. The number of nitrogens with zero attached hydrogens (tertiary/aromatic N) is 1. The topological polar surface area (TPSA) is 52.6 Å². The van der Waals surface area contributed by atoms with Crippen molar-refractivity contribution in [2.24, 2.45) is 5.41 Å².